The minimum Gasteiger partial charge on any atom is -0.499 e. The van der Waals surface area contributed by atoms with Gasteiger partial charge in [-0.05, 0) is 12.5 Å². The average molecular weight is 142 g/mol. The highest BCUT2D eigenvalue weighted by atomic mass is 16.6. The zero-order valence-corrected chi connectivity index (χ0v) is 6.38. The third-order valence-electron chi connectivity index (χ3n) is 1.33. The smallest absolute Gasteiger partial charge is 0.116 e. The molecule has 2 heteroatoms. The molecule has 2 nitrogen and oxygen atoms in total. The van der Waals surface area contributed by atoms with Gasteiger partial charge in [0.15, 0.2) is 0 Å². The summed E-state index contributed by atoms with van der Waals surface area (Å²) < 4.78 is 10.1. The summed E-state index contributed by atoms with van der Waals surface area (Å²) in [5, 5.41) is 0. The Labute approximate surface area is 61.8 Å². The summed E-state index contributed by atoms with van der Waals surface area (Å²) in [4.78, 5) is 0. The molecule has 0 radical (unpaired) electrons. The zero-order chi connectivity index (χ0) is 7.23. The maximum Gasteiger partial charge on any atom is 0.116 e. The van der Waals surface area contributed by atoms with Crippen LogP contribution in [0.25, 0.3) is 0 Å². The van der Waals surface area contributed by atoms with Crippen molar-refractivity contribution in [2.24, 2.45) is 0 Å². The minimum atomic E-state index is 0.381. The summed E-state index contributed by atoms with van der Waals surface area (Å²) in [5.41, 5.74) is 0. The number of hydrogen-bond acceptors (Lipinski definition) is 2. The maximum absolute atomic E-state index is 5.15. The Balaban J connectivity index is 1.83. The van der Waals surface area contributed by atoms with Crippen LogP contribution in [-0.2, 0) is 9.47 Å². The molecular weight excluding hydrogens is 128 g/mol. The zero-order valence-electron chi connectivity index (χ0n) is 6.38. The van der Waals surface area contributed by atoms with Gasteiger partial charge in [-0.3, -0.25) is 0 Å². The number of allylic oxidation sites excluding steroid dienone is 1. The molecule has 1 aliphatic heterocycles. The van der Waals surface area contributed by atoms with Gasteiger partial charge < -0.3 is 9.47 Å². The highest BCUT2D eigenvalue weighted by molar-refractivity contribution is 4.75. The first kappa shape index (κ1) is 7.61. The van der Waals surface area contributed by atoms with E-state index in [-0.39, 0.29) is 0 Å². The molecule has 0 spiro atoms. The quantitative estimate of drug-likeness (QED) is 0.430. The van der Waals surface area contributed by atoms with E-state index in [1.54, 1.807) is 6.26 Å². The van der Waals surface area contributed by atoms with E-state index in [2.05, 4.69) is 6.92 Å². The van der Waals surface area contributed by atoms with Gasteiger partial charge >= 0.3 is 0 Å². The van der Waals surface area contributed by atoms with Crippen LogP contribution < -0.4 is 0 Å². The topological polar surface area (TPSA) is 21.8 Å². The van der Waals surface area contributed by atoms with Gasteiger partial charge in [0.1, 0.15) is 12.7 Å². The maximum atomic E-state index is 5.15. The average Bonchev–Trinajstić information content (AvgIpc) is 2.71. The molecule has 1 saturated heterocycles. The molecular formula is C8H14O2. The van der Waals surface area contributed by atoms with E-state index in [1.165, 1.54) is 6.42 Å². The van der Waals surface area contributed by atoms with Crippen LogP contribution in [-0.4, -0.2) is 19.3 Å². The molecule has 1 rings (SSSR count). The van der Waals surface area contributed by atoms with Crippen molar-refractivity contribution in [1.29, 1.82) is 0 Å². The lowest BCUT2D eigenvalue weighted by molar-refractivity contribution is 0.211. The number of ether oxygens (including phenoxy) is 2. The normalized spacial score (nSPS) is 23.5. The Morgan fingerprint density at radius 2 is 2.50 bits per heavy atom. The van der Waals surface area contributed by atoms with Crippen molar-refractivity contribution in [1.82, 2.24) is 0 Å². The molecule has 0 N–H and O–H groups in total. The van der Waals surface area contributed by atoms with Crippen LogP contribution in [0.15, 0.2) is 12.3 Å². The Morgan fingerprint density at radius 1 is 1.70 bits per heavy atom. The molecule has 58 valence electrons. The molecule has 1 heterocycles. The molecule has 1 fully saturated rings. The van der Waals surface area contributed by atoms with Gasteiger partial charge in [-0.15, -0.1) is 0 Å². The molecule has 0 aromatic carbocycles. The van der Waals surface area contributed by atoms with Crippen LogP contribution in [0, 0.1) is 0 Å². The SMILES string of the molecule is CCCC=COCC1CO1. The number of unbranched alkanes of at least 4 members (excludes halogenated alkanes) is 1. The van der Waals surface area contributed by atoms with E-state index in [0.29, 0.717) is 6.10 Å². The molecule has 0 aromatic heterocycles. The van der Waals surface area contributed by atoms with Crippen LogP contribution in [0.5, 0.6) is 0 Å². The second-order valence-corrected chi connectivity index (χ2v) is 2.45. The van der Waals surface area contributed by atoms with Crippen molar-refractivity contribution in [3.8, 4) is 0 Å². The van der Waals surface area contributed by atoms with Crippen molar-refractivity contribution in [2.45, 2.75) is 25.9 Å². The van der Waals surface area contributed by atoms with Crippen molar-refractivity contribution in [3.05, 3.63) is 12.3 Å². The molecule has 0 amide bonds. The molecule has 10 heavy (non-hydrogen) atoms. The van der Waals surface area contributed by atoms with Crippen molar-refractivity contribution < 1.29 is 9.47 Å². The van der Waals surface area contributed by atoms with Gasteiger partial charge in [0.2, 0.25) is 0 Å². The van der Waals surface area contributed by atoms with Gasteiger partial charge in [0, 0.05) is 0 Å². The predicted octanol–water partition coefficient (Wildman–Crippen LogP) is 1.72. The standard InChI is InChI=1S/C8H14O2/c1-2-3-4-5-9-6-8-7-10-8/h4-5,8H,2-3,6-7H2,1H3. The molecule has 1 unspecified atom stereocenters. The lowest BCUT2D eigenvalue weighted by Gasteiger charge is -1.93. The fourth-order valence-corrected chi connectivity index (χ4v) is 0.630. The third-order valence-corrected chi connectivity index (χ3v) is 1.33. The highest BCUT2D eigenvalue weighted by Gasteiger charge is 2.22. The van der Waals surface area contributed by atoms with Gasteiger partial charge in [-0.2, -0.15) is 0 Å². The second-order valence-electron chi connectivity index (χ2n) is 2.45. The van der Waals surface area contributed by atoms with Gasteiger partial charge in [0.05, 0.1) is 12.9 Å². The monoisotopic (exact) mass is 142 g/mol. The van der Waals surface area contributed by atoms with Crippen LogP contribution >= 0.6 is 0 Å². The first-order chi connectivity index (χ1) is 4.93. The molecule has 1 atom stereocenters. The summed E-state index contributed by atoms with van der Waals surface area (Å²) in [6.45, 7) is 3.75. The number of epoxide rings is 1. The molecule has 0 saturated carbocycles. The van der Waals surface area contributed by atoms with E-state index < -0.39 is 0 Å². The fraction of sp³-hybridized carbons (Fsp3) is 0.750. The van der Waals surface area contributed by atoms with E-state index in [4.69, 9.17) is 9.47 Å². The van der Waals surface area contributed by atoms with Crippen LogP contribution in [0.1, 0.15) is 19.8 Å². The summed E-state index contributed by atoms with van der Waals surface area (Å²) in [6, 6.07) is 0. The van der Waals surface area contributed by atoms with Crippen LogP contribution in [0.3, 0.4) is 0 Å². The van der Waals surface area contributed by atoms with Gasteiger partial charge in [-0.25, -0.2) is 0 Å². The van der Waals surface area contributed by atoms with Crippen molar-refractivity contribution in [2.75, 3.05) is 13.2 Å². The summed E-state index contributed by atoms with van der Waals surface area (Å²) in [5.74, 6) is 0. The second kappa shape index (κ2) is 4.34. The number of rotatable bonds is 5. The first-order valence-electron chi connectivity index (χ1n) is 3.81. The van der Waals surface area contributed by atoms with E-state index in [9.17, 15) is 0 Å². The van der Waals surface area contributed by atoms with E-state index >= 15 is 0 Å². The lowest BCUT2D eigenvalue weighted by Crippen LogP contribution is -1.94. The third kappa shape index (κ3) is 3.51. The van der Waals surface area contributed by atoms with Gasteiger partial charge in [0.25, 0.3) is 0 Å². The Kier molecular flexibility index (Phi) is 3.30. The molecule has 0 aromatic rings. The van der Waals surface area contributed by atoms with Gasteiger partial charge in [-0.1, -0.05) is 13.3 Å². The Bertz CT molecular complexity index is 106. The van der Waals surface area contributed by atoms with Crippen LogP contribution in [0.2, 0.25) is 0 Å². The van der Waals surface area contributed by atoms with Crippen LogP contribution in [0.4, 0.5) is 0 Å². The lowest BCUT2D eigenvalue weighted by atomic mass is 10.3. The van der Waals surface area contributed by atoms with E-state index in [0.717, 1.165) is 19.6 Å². The van der Waals surface area contributed by atoms with Crippen molar-refractivity contribution >= 4 is 0 Å². The molecule has 0 aliphatic carbocycles. The Morgan fingerprint density at radius 3 is 3.10 bits per heavy atom. The molecule has 0 bridgehead atoms. The fourth-order valence-electron chi connectivity index (χ4n) is 0.630. The highest BCUT2D eigenvalue weighted by Crippen LogP contribution is 2.08. The minimum absolute atomic E-state index is 0.381. The first-order valence-corrected chi connectivity index (χ1v) is 3.81. The van der Waals surface area contributed by atoms with E-state index in [1.807, 2.05) is 6.08 Å². The molecule has 1 aliphatic rings. The Hall–Kier alpha value is -0.500. The summed E-state index contributed by atoms with van der Waals surface area (Å²) >= 11 is 0. The summed E-state index contributed by atoms with van der Waals surface area (Å²) in [6.07, 6.45) is 6.48. The predicted molar refractivity (Wildman–Crippen MR) is 39.7 cm³/mol. The van der Waals surface area contributed by atoms with Crippen molar-refractivity contribution in [3.63, 3.8) is 0 Å². The number of hydrogen-bond donors (Lipinski definition) is 0. The largest absolute Gasteiger partial charge is 0.499 e. The summed E-state index contributed by atoms with van der Waals surface area (Å²) in [7, 11) is 0.